The number of nitrogens with one attached hydrogen (secondary N) is 1. The van der Waals surface area contributed by atoms with Gasteiger partial charge in [0.15, 0.2) is 0 Å². The zero-order chi connectivity index (χ0) is 13.6. The molecule has 0 aromatic heterocycles. The van der Waals surface area contributed by atoms with E-state index in [9.17, 15) is 0 Å². The lowest BCUT2D eigenvalue weighted by Gasteiger charge is -2.29. The Morgan fingerprint density at radius 1 is 0.400 bits per heavy atom. The van der Waals surface area contributed by atoms with Crippen LogP contribution in [-0.4, -0.2) is 12.1 Å². The quantitative estimate of drug-likeness (QED) is 0.622. The van der Waals surface area contributed by atoms with E-state index >= 15 is 0 Å². The molecule has 0 aromatic carbocycles. The van der Waals surface area contributed by atoms with E-state index < -0.39 is 0 Å². The van der Waals surface area contributed by atoms with Crippen LogP contribution in [0.2, 0.25) is 0 Å². The fourth-order valence-corrected chi connectivity index (χ4v) is 5.14. The lowest BCUT2D eigenvalue weighted by Crippen LogP contribution is -2.38. The molecule has 3 aliphatic rings. The Labute approximate surface area is 126 Å². The summed E-state index contributed by atoms with van der Waals surface area (Å²) in [6, 6.07) is 1.69. The highest BCUT2D eigenvalue weighted by molar-refractivity contribution is 4.84. The lowest BCUT2D eigenvalue weighted by molar-refractivity contribution is 0.240. The van der Waals surface area contributed by atoms with Crippen molar-refractivity contribution in [2.24, 2.45) is 11.8 Å². The molecule has 4 unspecified atom stereocenters. The Kier molecular flexibility index (Phi) is 5.82. The molecule has 1 heterocycles. The molecule has 2 aliphatic carbocycles. The average molecular weight is 277 g/mol. The van der Waals surface area contributed by atoms with Crippen LogP contribution in [-0.2, 0) is 0 Å². The van der Waals surface area contributed by atoms with Gasteiger partial charge in [0.2, 0.25) is 0 Å². The molecular weight excluding hydrogens is 242 g/mol. The molecule has 3 fully saturated rings. The maximum Gasteiger partial charge on any atom is 0.00697 e. The maximum atomic E-state index is 4.08. The molecule has 1 N–H and O–H groups in total. The minimum absolute atomic E-state index is 0.846. The van der Waals surface area contributed by atoms with E-state index in [2.05, 4.69) is 5.32 Å². The van der Waals surface area contributed by atoms with Crippen molar-refractivity contribution >= 4 is 0 Å². The van der Waals surface area contributed by atoms with Crippen LogP contribution >= 0.6 is 0 Å². The van der Waals surface area contributed by atoms with Gasteiger partial charge in [-0.25, -0.2) is 0 Å². The second-order valence-electron chi connectivity index (χ2n) is 7.86. The van der Waals surface area contributed by atoms with E-state index in [1.165, 1.54) is 83.5 Å². The first kappa shape index (κ1) is 14.9. The predicted octanol–water partition coefficient (Wildman–Crippen LogP) is 5.44. The molecular formula is C19H35N. The van der Waals surface area contributed by atoms with Gasteiger partial charge in [-0.15, -0.1) is 0 Å². The summed E-state index contributed by atoms with van der Waals surface area (Å²) in [5.74, 6) is 2.13. The Bertz CT molecular complexity index is 275. The molecule has 1 aliphatic heterocycles. The highest BCUT2D eigenvalue weighted by Crippen LogP contribution is 2.36. The van der Waals surface area contributed by atoms with Gasteiger partial charge in [-0.1, -0.05) is 57.8 Å². The first-order chi connectivity index (χ1) is 9.92. The van der Waals surface area contributed by atoms with Crippen LogP contribution in [0.25, 0.3) is 0 Å². The number of rotatable bonds is 0. The van der Waals surface area contributed by atoms with Gasteiger partial charge in [-0.3, -0.25) is 0 Å². The van der Waals surface area contributed by atoms with Gasteiger partial charge in [0.05, 0.1) is 0 Å². The average Bonchev–Trinajstić information content (AvgIpc) is 2.62. The smallest absolute Gasteiger partial charge is 0.00697 e. The molecule has 0 aromatic rings. The third kappa shape index (κ3) is 4.23. The summed E-state index contributed by atoms with van der Waals surface area (Å²) in [6.07, 6.45) is 22.4. The minimum atomic E-state index is 0.846. The fourth-order valence-electron chi connectivity index (χ4n) is 5.14. The van der Waals surface area contributed by atoms with Gasteiger partial charge < -0.3 is 5.32 Å². The lowest BCUT2D eigenvalue weighted by atomic mass is 9.78. The van der Waals surface area contributed by atoms with Gasteiger partial charge in [0.1, 0.15) is 0 Å². The van der Waals surface area contributed by atoms with Crippen LogP contribution in [0.15, 0.2) is 0 Å². The van der Waals surface area contributed by atoms with Crippen molar-refractivity contribution in [3.63, 3.8) is 0 Å². The van der Waals surface area contributed by atoms with Crippen LogP contribution in [0.1, 0.15) is 96.3 Å². The van der Waals surface area contributed by atoms with Crippen LogP contribution in [0.3, 0.4) is 0 Å². The van der Waals surface area contributed by atoms with Crippen LogP contribution < -0.4 is 5.32 Å². The summed E-state index contributed by atoms with van der Waals surface area (Å²) in [7, 11) is 0. The summed E-state index contributed by atoms with van der Waals surface area (Å²) >= 11 is 0. The van der Waals surface area contributed by atoms with E-state index in [1.54, 1.807) is 12.8 Å². The van der Waals surface area contributed by atoms with E-state index in [4.69, 9.17) is 0 Å². The summed E-state index contributed by atoms with van der Waals surface area (Å²) in [4.78, 5) is 0. The minimum Gasteiger partial charge on any atom is -0.311 e. The van der Waals surface area contributed by atoms with Crippen molar-refractivity contribution in [1.82, 2.24) is 5.32 Å². The molecule has 0 radical (unpaired) electrons. The topological polar surface area (TPSA) is 12.0 Å². The fraction of sp³-hybridized carbons (Fsp3) is 1.00. The van der Waals surface area contributed by atoms with E-state index in [-0.39, 0.29) is 0 Å². The monoisotopic (exact) mass is 277 g/mol. The third-order valence-corrected chi connectivity index (χ3v) is 6.41. The van der Waals surface area contributed by atoms with E-state index in [1.807, 2.05) is 0 Å². The van der Waals surface area contributed by atoms with Crippen LogP contribution in [0, 0.1) is 11.8 Å². The highest BCUT2D eigenvalue weighted by Gasteiger charge is 2.28. The second-order valence-corrected chi connectivity index (χ2v) is 7.86. The molecule has 0 spiro atoms. The predicted molar refractivity (Wildman–Crippen MR) is 86.9 cm³/mol. The van der Waals surface area contributed by atoms with Crippen molar-refractivity contribution < 1.29 is 0 Å². The van der Waals surface area contributed by atoms with Gasteiger partial charge in [0.25, 0.3) is 0 Å². The zero-order valence-electron chi connectivity index (χ0n) is 13.4. The molecule has 116 valence electrons. The Morgan fingerprint density at radius 3 is 1.40 bits per heavy atom. The van der Waals surface area contributed by atoms with Gasteiger partial charge in [0, 0.05) is 12.1 Å². The standard InChI is InChI=1S/C19H35N/c1-2-6-10-18-14-12-16(8-4-1)17-9-5-3-7-11-19(20-18)15-13-17/h16-20H,1-15H2. The molecule has 1 heteroatoms. The first-order valence-corrected chi connectivity index (χ1v) is 9.68. The normalized spacial score (nSPS) is 40.8. The van der Waals surface area contributed by atoms with Gasteiger partial charge in [-0.2, -0.15) is 0 Å². The first-order valence-electron chi connectivity index (χ1n) is 9.68. The number of hydrogen-bond acceptors (Lipinski definition) is 1. The number of hydrogen-bond donors (Lipinski definition) is 1. The summed E-state index contributed by atoms with van der Waals surface area (Å²) < 4.78 is 0. The molecule has 4 atom stereocenters. The molecule has 3 rings (SSSR count). The molecule has 20 heavy (non-hydrogen) atoms. The van der Waals surface area contributed by atoms with Crippen molar-refractivity contribution in [1.29, 1.82) is 0 Å². The Balaban J connectivity index is 1.75. The zero-order valence-corrected chi connectivity index (χ0v) is 13.4. The van der Waals surface area contributed by atoms with Gasteiger partial charge >= 0.3 is 0 Å². The largest absolute Gasteiger partial charge is 0.311 e. The van der Waals surface area contributed by atoms with Crippen molar-refractivity contribution in [3.05, 3.63) is 0 Å². The van der Waals surface area contributed by atoms with Crippen molar-refractivity contribution in [3.8, 4) is 0 Å². The highest BCUT2D eigenvalue weighted by atomic mass is 14.9. The SMILES string of the molecule is C1CCCC2CCC(CC1)NC1CCCCCC2CC1. The van der Waals surface area contributed by atoms with Crippen LogP contribution in [0.4, 0.5) is 0 Å². The van der Waals surface area contributed by atoms with Crippen LogP contribution in [0.5, 0.6) is 0 Å². The molecule has 0 amide bonds. The molecule has 1 nitrogen and oxygen atoms in total. The van der Waals surface area contributed by atoms with Crippen molar-refractivity contribution in [2.45, 2.75) is 108 Å². The van der Waals surface area contributed by atoms with Gasteiger partial charge in [-0.05, 0) is 50.4 Å². The summed E-state index contributed by atoms with van der Waals surface area (Å²) in [5, 5.41) is 4.08. The Morgan fingerprint density at radius 2 is 0.850 bits per heavy atom. The summed E-state index contributed by atoms with van der Waals surface area (Å²) in [5.41, 5.74) is 0. The second kappa shape index (κ2) is 7.82. The molecule has 4 bridgehead atoms. The molecule has 2 saturated carbocycles. The van der Waals surface area contributed by atoms with Crippen molar-refractivity contribution in [2.75, 3.05) is 0 Å². The Hall–Kier alpha value is -0.0400. The summed E-state index contributed by atoms with van der Waals surface area (Å²) in [6.45, 7) is 0. The third-order valence-electron chi connectivity index (χ3n) is 6.41. The number of fused-ring (bicyclic) bond motifs is 7. The van der Waals surface area contributed by atoms with E-state index in [0.29, 0.717) is 0 Å². The molecule has 1 saturated heterocycles. The maximum absolute atomic E-state index is 4.08. The van der Waals surface area contributed by atoms with E-state index in [0.717, 1.165) is 23.9 Å².